The molecule has 0 saturated carbocycles. The molecule has 0 unspecified atom stereocenters. The zero-order valence-corrected chi connectivity index (χ0v) is 13.8. The molecule has 1 heterocycles. The van der Waals surface area contributed by atoms with Gasteiger partial charge in [-0.15, -0.1) is 0 Å². The number of aromatic nitrogens is 2. The first-order valence-electron chi connectivity index (χ1n) is 7.82. The monoisotopic (exact) mass is 320 g/mol. The number of carbonyl (C=O) groups excluding carboxylic acids is 1. The van der Waals surface area contributed by atoms with E-state index < -0.39 is 0 Å². The Hall–Kier alpha value is -3.08. The predicted octanol–water partition coefficient (Wildman–Crippen LogP) is 3.81. The molecule has 24 heavy (non-hydrogen) atoms. The number of aryl methyl sites for hydroxylation is 2. The van der Waals surface area contributed by atoms with Crippen molar-refractivity contribution >= 4 is 11.7 Å². The molecule has 0 aliphatic heterocycles. The van der Waals surface area contributed by atoms with Crippen molar-refractivity contribution in [1.29, 1.82) is 0 Å². The van der Waals surface area contributed by atoms with Gasteiger partial charge >= 0.3 is 6.03 Å². The molecule has 0 atom stereocenters. The summed E-state index contributed by atoms with van der Waals surface area (Å²) in [6.07, 6.45) is 3.66. The van der Waals surface area contributed by atoms with Crippen molar-refractivity contribution in [2.75, 3.05) is 5.32 Å². The summed E-state index contributed by atoms with van der Waals surface area (Å²) in [4.78, 5) is 12.0. The van der Waals surface area contributed by atoms with E-state index in [9.17, 15) is 4.79 Å². The Labute approximate surface area is 141 Å². The van der Waals surface area contributed by atoms with E-state index in [1.165, 1.54) is 0 Å². The van der Waals surface area contributed by atoms with Crippen LogP contribution in [0.2, 0.25) is 0 Å². The van der Waals surface area contributed by atoms with Crippen LogP contribution < -0.4 is 10.6 Å². The number of rotatable bonds is 4. The topological polar surface area (TPSA) is 59.0 Å². The number of para-hydroxylation sites is 1. The highest BCUT2D eigenvalue weighted by Gasteiger charge is 2.05. The van der Waals surface area contributed by atoms with Crippen molar-refractivity contribution in [1.82, 2.24) is 15.1 Å². The minimum atomic E-state index is -0.229. The summed E-state index contributed by atoms with van der Waals surface area (Å²) < 4.78 is 1.79. The van der Waals surface area contributed by atoms with E-state index in [1.54, 1.807) is 10.9 Å². The van der Waals surface area contributed by atoms with Crippen LogP contribution in [0.3, 0.4) is 0 Å². The van der Waals surface area contributed by atoms with Crippen molar-refractivity contribution in [3.05, 3.63) is 77.6 Å². The van der Waals surface area contributed by atoms with E-state index in [4.69, 9.17) is 0 Å². The third kappa shape index (κ3) is 4.01. The number of nitrogens with zero attached hydrogens (tertiary/aromatic N) is 2. The molecule has 0 aliphatic carbocycles. The fraction of sp³-hybridized carbons (Fsp3) is 0.158. The summed E-state index contributed by atoms with van der Waals surface area (Å²) >= 11 is 0. The molecule has 5 nitrogen and oxygen atoms in total. The van der Waals surface area contributed by atoms with Gasteiger partial charge in [0.05, 0.1) is 11.9 Å². The number of carbonyl (C=O) groups is 1. The van der Waals surface area contributed by atoms with E-state index in [0.29, 0.717) is 6.54 Å². The second-order valence-corrected chi connectivity index (χ2v) is 5.81. The van der Waals surface area contributed by atoms with Gasteiger partial charge in [0.2, 0.25) is 0 Å². The van der Waals surface area contributed by atoms with Crippen molar-refractivity contribution in [2.45, 2.75) is 20.4 Å². The second-order valence-electron chi connectivity index (χ2n) is 5.81. The summed E-state index contributed by atoms with van der Waals surface area (Å²) in [5.74, 6) is 0. The average molecular weight is 320 g/mol. The second kappa shape index (κ2) is 7.00. The normalized spacial score (nSPS) is 10.4. The molecule has 0 saturated heterocycles. The number of amides is 2. The number of hydrogen-bond acceptors (Lipinski definition) is 2. The highest BCUT2D eigenvalue weighted by atomic mass is 16.2. The Kier molecular flexibility index (Phi) is 4.61. The van der Waals surface area contributed by atoms with Gasteiger partial charge in [0.15, 0.2) is 0 Å². The lowest BCUT2D eigenvalue weighted by atomic mass is 10.1. The highest BCUT2D eigenvalue weighted by Crippen LogP contribution is 2.13. The molecule has 3 rings (SSSR count). The van der Waals surface area contributed by atoms with E-state index in [2.05, 4.69) is 21.8 Å². The van der Waals surface area contributed by atoms with E-state index in [0.717, 1.165) is 28.1 Å². The summed E-state index contributed by atoms with van der Waals surface area (Å²) in [5.41, 5.74) is 4.96. The van der Waals surface area contributed by atoms with Crippen LogP contribution >= 0.6 is 0 Å². The first-order chi connectivity index (χ1) is 11.6. The molecule has 5 heteroatoms. The van der Waals surface area contributed by atoms with Gasteiger partial charge in [0.1, 0.15) is 0 Å². The zero-order valence-electron chi connectivity index (χ0n) is 13.8. The quantitative estimate of drug-likeness (QED) is 0.768. The zero-order chi connectivity index (χ0) is 16.9. The molecule has 1 aromatic heterocycles. The summed E-state index contributed by atoms with van der Waals surface area (Å²) in [6.45, 7) is 4.44. The largest absolute Gasteiger partial charge is 0.334 e. The number of anilines is 1. The molecule has 0 spiro atoms. The van der Waals surface area contributed by atoms with Crippen LogP contribution in [-0.4, -0.2) is 15.8 Å². The average Bonchev–Trinajstić information content (AvgIpc) is 3.02. The van der Waals surface area contributed by atoms with E-state index >= 15 is 0 Å². The SMILES string of the molecule is Cc1cc(C)cc(NC(=O)NCc2cnn(-c3ccccc3)c2)c1. The fourth-order valence-electron chi connectivity index (χ4n) is 2.58. The van der Waals surface area contributed by atoms with Gasteiger partial charge in [-0.05, 0) is 49.2 Å². The smallest absolute Gasteiger partial charge is 0.319 e. The maximum absolute atomic E-state index is 12.0. The Balaban J connectivity index is 1.58. The summed E-state index contributed by atoms with van der Waals surface area (Å²) in [6, 6.07) is 15.6. The van der Waals surface area contributed by atoms with E-state index in [-0.39, 0.29) is 6.03 Å². The molecule has 2 aromatic carbocycles. The van der Waals surface area contributed by atoms with Crippen molar-refractivity contribution in [3.63, 3.8) is 0 Å². The van der Waals surface area contributed by atoms with Gasteiger partial charge in [0, 0.05) is 24.0 Å². The molecule has 0 fully saturated rings. The molecular weight excluding hydrogens is 300 g/mol. The maximum Gasteiger partial charge on any atom is 0.319 e. The van der Waals surface area contributed by atoms with Gasteiger partial charge < -0.3 is 10.6 Å². The highest BCUT2D eigenvalue weighted by molar-refractivity contribution is 5.89. The maximum atomic E-state index is 12.0. The molecule has 3 aromatic rings. The number of nitrogens with one attached hydrogen (secondary N) is 2. The minimum absolute atomic E-state index is 0.229. The first kappa shape index (κ1) is 15.8. The summed E-state index contributed by atoms with van der Waals surface area (Å²) in [7, 11) is 0. The Morgan fingerprint density at radius 3 is 2.50 bits per heavy atom. The van der Waals surface area contributed by atoms with Gasteiger partial charge in [-0.2, -0.15) is 5.10 Å². The minimum Gasteiger partial charge on any atom is -0.334 e. The lowest BCUT2D eigenvalue weighted by Gasteiger charge is -2.08. The van der Waals surface area contributed by atoms with Crippen LogP contribution in [0.25, 0.3) is 5.69 Å². The Morgan fingerprint density at radius 1 is 1.08 bits per heavy atom. The molecule has 0 radical (unpaired) electrons. The van der Waals surface area contributed by atoms with Crippen LogP contribution in [0.4, 0.5) is 10.5 Å². The van der Waals surface area contributed by atoms with Crippen LogP contribution in [0.1, 0.15) is 16.7 Å². The summed E-state index contributed by atoms with van der Waals surface area (Å²) in [5, 5.41) is 10.0. The standard InChI is InChI=1S/C19H20N4O/c1-14-8-15(2)10-17(9-14)22-19(24)20-11-16-12-21-23(13-16)18-6-4-3-5-7-18/h3-10,12-13H,11H2,1-2H3,(H2,20,22,24). The van der Waals surface area contributed by atoms with Crippen LogP contribution in [0.5, 0.6) is 0 Å². The fourth-order valence-corrected chi connectivity index (χ4v) is 2.58. The van der Waals surface area contributed by atoms with Crippen molar-refractivity contribution < 1.29 is 4.79 Å². The predicted molar refractivity (Wildman–Crippen MR) is 95.3 cm³/mol. The Morgan fingerprint density at radius 2 is 1.79 bits per heavy atom. The van der Waals surface area contributed by atoms with Gasteiger partial charge in [-0.25, -0.2) is 9.48 Å². The first-order valence-corrected chi connectivity index (χ1v) is 7.82. The van der Waals surface area contributed by atoms with Gasteiger partial charge in [-0.1, -0.05) is 24.3 Å². The number of urea groups is 1. The molecule has 2 amide bonds. The molecule has 0 bridgehead atoms. The Bertz CT molecular complexity index is 819. The van der Waals surface area contributed by atoms with Crippen molar-refractivity contribution in [2.24, 2.45) is 0 Å². The van der Waals surface area contributed by atoms with E-state index in [1.807, 2.05) is 62.5 Å². The van der Waals surface area contributed by atoms with Crippen molar-refractivity contribution in [3.8, 4) is 5.69 Å². The van der Waals surface area contributed by atoms with Crippen LogP contribution in [0, 0.1) is 13.8 Å². The molecule has 2 N–H and O–H groups in total. The van der Waals surface area contributed by atoms with Crippen LogP contribution in [-0.2, 0) is 6.54 Å². The van der Waals surface area contributed by atoms with Crippen LogP contribution in [0.15, 0.2) is 60.9 Å². The molecular formula is C19H20N4O. The number of benzene rings is 2. The third-order valence-electron chi connectivity index (χ3n) is 3.59. The lowest BCUT2D eigenvalue weighted by Crippen LogP contribution is -2.28. The number of hydrogen-bond donors (Lipinski definition) is 2. The van der Waals surface area contributed by atoms with Gasteiger partial charge in [0.25, 0.3) is 0 Å². The molecule has 0 aliphatic rings. The van der Waals surface area contributed by atoms with Gasteiger partial charge in [-0.3, -0.25) is 0 Å². The lowest BCUT2D eigenvalue weighted by molar-refractivity contribution is 0.251. The third-order valence-corrected chi connectivity index (χ3v) is 3.59. The molecule has 122 valence electrons.